The standard InChI is InChI=1S/C22H31N3O3/c1-15(26)23-19-8-5-9-20(14-19)25-22(28)17-12-10-16(11-13-17)21(27)24-18-6-3-2-4-7-18/h5,8-9,14,16-18H,2-4,6-7,10-13H2,1H3,(H,23,26)(H,24,27)(H,25,28). The average molecular weight is 386 g/mol. The molecule has 6 nitrogen and oxygen atoms in total. The minimum atomic E-state index is -0.145. The molecule has 0 aromatic heterocycles. The summed E-state index contributed by atoms with van der Waals surface area (Å²) < 4.78 is 0. The van der Waals surface area contributed by atoms with E-state index in [2.05, 4.69) is 16.0 Å². The second-order valence-electron chi connectivity index (χ2n) is 8.14. The van der Waals surface area contributed by atoms with Crippen molar-refractivity contribution in [1.82, 2.24) is 5.32 Å². The van der Waals surface area contributed by atoms with E-state index < -0.39 is 0 Å². The van der Waals surface area contributed by atoms with Gasteiger partial charge in [0, 0.05) is 36.2 Å². The number of carbonyl (C=O) groups is 3. The molecule has 0 radical (unpaired) electrons. The van der Waals surface area contributed by atoms with Gasteiger partial charge in [0.2, 0.25) is 17.7 Å². The predicted octanol–water partition coefficient (Wildman–Crippen LogP) is 3.84. The van der Waals surface area contributed by atoms with Crippen molar-refractivity contribution in [2.24, 2.45) is 11.8 Å². The average Bonchev–Trinajstić information content (AvgIpc) is 2.68. The van der Waals surface area contributed by atoms with Crippen LogP contribution in [0.5, 0.6) is 0 Å². The van der Waals surface area contributed by atoms with Crippen molar-refractivity contribution in [1.29, 1.82) is 0 Å². The minimum Gasteiger partial charge on any atom is -0.353 e. The first-order chi connectivity index (χ1) is 13.5. The summed E-state index contributed by atoms with van der Waals surface area (Å²) in [4.78, 5) is 36.3. The van der Waals surface area contributed by atoms with Gasteiger partial charge < -0.3 is 16.0 Å². The maximum absolute atomic E-state index is 12.6. The maximum Gasteiger partial charge on any atom is 0.227 e. The van der Waals surface area contributed by atoms with Crippen LogP contribution in [0.2, 0.25) is 0 Å². The number of carbonyl (C=O) groups excluding carboxylic acids is 3. The Morgan fingerprint density at radius 2 is 1.36 bits per heavy atom. The molecule has 2 fully saturated rings. The summed E-state index contributed by atoms with van der Waals surface area (Å²) >= 11 is 0. The van der Waals surface area contributed by atoms with Crippen LogP contribution in [-0.4, -0.2) is 23.8 Å². The van der Waals surface area contributed by atoms with Gasteiger partial charge in [-0.3, -0.25) is 14.4 Å². The second kappa shape index (κ2) is 9.71. The molecule has 0 atom stereocenters. The molecule has 1 aromatic carbocycles. The molecule has 0 unspecified atom stereocenters. The third-order valence-electron chi connectivity index (χ3n) is 5.87. The molecule has 0 heterocycles. The van der Waals surface area contributed by atoms with E-state index >= 15 is 0 Å². The molecule has 3 amide bonds. The third-order valence-corrected chi connectivity index (χ3v) is 5.87. The number of hydrogen-bond donors (Lipinski definition) is 3. The van der Waals surface area contributed by atoms with Gasteiger partial charge in [0.25, 0.3) is 0 Å². The van der Waals surface area contributed by atoms with E-state index in [4.69, 9.17) is 0 Å². The molecule has 3 rings (SSSR count). The summed E-state index contributed by atoms with van der Waals surface area (Å²) in [6.45, 7) is 1.45. The molecule has 3 N–H and O–H groups in total. The lowest BCUT2D eigenvalue weighted by Crippen LogP contribution is -2.41. The molecule has 2 aliphatic rings. The van der Waals surface area contributed by atoms with Crippen LogP contribution in [0, 0.1) is 11.8 Å². The zero-order chi connectivity index (χ0) is 19.9. The molecular weight excluding hydrogens is 354 g/mol. The first kappa shape index (κ1) is 20.4. The zero-order valence-corrected chi connectivity index (χ0v) is 16.6. The van der Waals surface area contributed by atoms with Crippen LogP contribution in [0.25, 0.3) is 0 Å². The number of hydrogen-bond acceptors (Lipinski definition) is 3. The Bertz CT molecular complexity index is 705. The fourth-order valence-electron chi connectivity index (χ4n) is 4.31. The molecule has 6 heteroatoms. The van der Waals surface area contributed by atoms with Crippen molar-refractivity contribution in [3.8, 4) is 0 Å². The number of amides is 3. The van der Waals surface area contributed by atoms with Crippen LogP contribution >= 0.6 is 0 Å². The lowest BCUT2D eigenvalue weighted by Gasteiger charge is -2.30. The highest BCUT2D eigenvalue weighted by Gasteiger charge is 2.31. The minimum absolute atomic E-state index is 0.00823. The van der Waals surface area contributed by atoms with E-state index in [9.17, 15) is 14.4 Å². The largest absolute Gasteiger partial charge is 0.353 e. The summed E-state index contributed by atoms with van der Waals surface area (Å²) in [6.07, 6.45) is 8.90. The van der Waals surface area contributed by atoms with Gasteiger partial charge in [-0.2, -0.15) is 0 Å². The van der Waals surface area contributed by atoms with Crippen LogP contribution in [0.15, 0.2) is 24.3 Å². The molecule has 0 aliphatic heterocycles. The molecule has 0 saturated heterocycles. The fraction of sp³-hybridized carbons (Fsp3) is 0.591. The van der Waals surface area contributed by atoms with E-state index in [1.807, 2.05) is 6.07 Å². The van der Waals surface area contributed by atoms with Crippen LogP contribution < -0.4 is 16.0 Å². The van der Waals surface area contributed by atoms with Gasteiger partial charge in [0.15, 0.2) is 0 Å². The SMILES string of the molecule is CC(=O)Nc1cccc(NC(=O)C2CCC(C(=O)NC3CCCCC3)CC2)c1. The van der Waals surface area contributed by atoms with Crippen molar-refractivity contribution in [2.75, 3.05) is 10.6 Å². The first-order valence-electron chi connectivity index (χ1n) is 10.5. The topological polar surface area (TPSA) is 87.3 Å². The Labute approximate surface area is 166 Å². The van der Waals surface area contributed by atoms with Crippen LogP contribution in [0.3, 0.4) is 0 Å². The van der Waals surface area contributed by atoms with Gasteiger partial charge in [0.1, 0.15) is 0 Å². The molecular formula is C22H31N3O3. The Kier molecular flexibility index (Phi) is 7.06. The fourth-order valence-corrected chi connectivity index (χ4v) is 4.31. The highest BCUT2D eigenvalue weighted by atomic mass is 16.2. The molecule has 28 heavy (non-hydrogen) atoms. The number of nitrogens with one attached hydrogen (secondary N) is 3. The van der Waals surface area contributed by atoms with Crippen LogP contribution in [0.4, 0.5) is 11.4 Å². The van der Waals surface area contributed by atoms with Crippen molar-refractivity contribution >= 4 is 29.1 Å². The van der Waals surface area contributed by atoms with E-state index in [0.717, 1.165) is 38.5 Å². The maximum atomic E-state index is 12.6. The van der Waals surface area contributed by atoms with E-state index in [0.29, 0.717) is 17.4 Å². The smallest absolute Gasteiger partial charge is 0.227 e. The van der Waals surface area contributed by atoms with E-state index in [1.165, 1.54) is 26.2 Å². The van der Waals surface area contributed by atoms with Crippen LogP contribution in [-0.2, 0) is 14.4 Å². The highest BCUT2D eigenvalue weighted by Crippen LogP contribution is 2.30. The summed E-state index contributed by atoms with van der Waals surface area (Å²) in [6, 6.07) is 7.49. The molecule has 0 spiro atoms. The molecule has 1 aromatic rings. The first-order valence-corrected chi connectivity index (χ1v) is 10.5. The Hall–Kier alpha value is -2.37. The third kappa shape index (κ3) is 5.81. The predicted molar refractivity (Wildman–Crippen MR) is 110 cm³/mol. The van der Waals surface area contributed by atoms with Gasteiger partial charge in [0.05, 0.1) is 0 Å². The lowest BCUT2D eigenvalue weighted by molar-refractivity contribution is -0.129. The van der Waals surface area contributed by atoms with Crippen molar-refractivity contribution in [2.45, 2.75) is 70.8 Å². The molecule has 0 bridgehead atoms. The van der Waals surface area contributed by atoms with Gasteiger partial charge >= 0.3 is 0 Å². The van der Waals surface area contributed by atoms with Gasteiger partial charge in [-0.15, -0.1) is 0 Å². The highest BCUT2D eigenvalue weighted by molar-refractivity contribution is 5.94. The summed E-state index contributed by atoms with van der Waals surface area (Å²) in [5.74, 6) is -0.00888. The van der Waals surface area contributed by atoms with Crippen molar-refractivity contribution in [3.05, 3.63) is 24.3 Å². The van der Waals surface area contributed by atoms with E-state index in [1.54, 1.807) is 18.2 Å². The number of anilines is 2. The second-order valence-corrected chi connectivity index (χ2v) is 8.14. The lowest BCUT2D eigenvalue weighted by atomic mass is 9.80. The summed E-state index contributed by atoms with van der Waals surface area (Å²) in [7, 11) is 0. The Balaban J connectivity index is 1.45. The van der Waals surface area contributed by atoms with Crippen LogP contribution in [0.1, 0.15) is 64.7 Å². The monoisotopic (exact) mass is 385 g/mol. The van der Waals surface area contributed by atoms with Gasteiger partial charge in [-0.1, -0.05) is 25.3 Å². The number of rotatable bonds is 5. The Morgan fingerprint density at radius 1 is 0.786 bits per heavy atom. The molecule has 152 valence electrons. The molecule has 2 saturated carbocycles. The summed E-state index contributed by atoms with van der Waals surface area (Å²) in [5.41, 5.74) is 1.34. The van der Waals surface area contributed by atoms with Gasteiger partial charge in [-0.25, -0.2) is 0 Å². The molecule has 2 aliphatic carbocycles. The number of benzene rings is 1. The summed E-state index contributed by atoms with van der Waals surface area (Å²) in [5, 5.41) is 8.88. The quantitative estimate of drug-likeness (QED) is 0.720. The normalized spacial score (nSPS) is 22.9. The zero-order valence-electron chi connectivity index (χ0n) is 16.6. The van der Waals surface area contributed by atoms with Gasteiger partial charge in [-0.05, 0) is 56.7 Å². The van der Waals surface area contributed by atoms with Crippen molar-refractivity contribution in [3.63, 3.8) is 0 Å². The van der Waals surface area contributed by atoms with E-state index in [-0.39, 0.29) is 29.6 Å². The Morgan fingerprint density at radius 3 is 1.96 bits per heavy atom. The van der Waals surface area contributed by atoms with Crippen molar-refractivity contribution < 1.29 is 14.4 Å².